The van der Waals surface area contributed by atoms with Crippen LogP contribution in [0.25, 0.3) is 11.1 Å². The van der Waals surface area contributed by atoms with Gasteiger partial charge in [0.25, 0.3) is 0 Å². The summed E-state index contributed by atoms with van der Waals surface area (Å²) in [6.07, 6.45) is 2.05. The van der Waals surface area contributed by atoms with Crippen LogP contribution in [0.2, 0.25) is 5.02 Å². The van der Waals surface area contributed by atoms with Crippen LogP contribution in [0, 0.1) is 0 Å². The third kappa shape index (κ3) is 2.34. The number of halogens is 1. The smallest absolute Gasteiger partial charge is 0.134 e. The van der Waals surface area contributed by atoms with Crippen LogP contribution in [-0.2, 0) is 0 Å². The molecule has 1 nitrogen and oxygen atoms in total. The highest BCUT2D eigenvalue weighted by atomic mass is 35.5. The third-order valence-corrected chi connectivity index (χ3v) is 3.42. The molecular weight excluding hydrogens is 240 g/mol. The molecule has 0 saturated carbocycles. The Balaban J connectivity index is 2.38. The summed E-state index contributed by atoms with van der Waals surface area (Å²) in [6, 6.07) is 13.5. The van der Waals surface area contributed by atoms with E-state index in [9.17, 15) is 5.11 Å². The maximum absolute atomic E-state index is 9.34. The van der Waals surface area contributed by atoms with Crippen LogP contribution in [0.3, 0.4) is 0 Å². The van der Waals surface area contributed by atoms with Gasteiger partial charge in [-0.15, -0.1) is 11.8 Å². The Labute approximate surface area is 104 Å². The summed E-state index contributed by atoms with van der Waals surface area (Å²) >= 11 is 7.58. The molecule has 0 aliphatic rings. The summed E-state index contributed by atoms with van der Waals surface area (Å²) in [5, 5.41) is 9.72. The number of thioether (sulfide) groups is 1. The Morgan fingerprint density at radius 1 is 1.00 bits per heavy atom. The van der Waals surface area contributed by atoms with Crippen LogP contribution >= 0.6 is 23.4 Å². The summed E-state index contributed by atoms with van der Waals surface area (Å²) < 4.78 is 0. The van der Waals surface area contributed by atoms with Crippen LogP contribution in [0.1, 0.15) is 0 Å². The quantitative estimate of drug-likeness (QED) is 0.796. The molecule has 1 N–H and O–H groups in total. The average molecular weight is 251 g/mol. The zero-order chi connectivity index (χ0) is 11.5. The van der Waals surface area contributed by atoms with Gasteiger partial charge in [-0.3, -0.25) is 0 Å². The van der Waals surface area contributed by atoms with E-state index in [0.717, 1.165) is 11.1 Å². The first kappa shape index (κ1) is 11.4. The highest BCUT2D eigenvalue weighted by molar-refractivity contribution is 7.98. The molecule has 2 rings (SSSR count). The fourth-order valence-corrected chi connectivity index (χ4v) is 2.06. The van der Waals surface area contributed by atoms with Crippen molar-refractivity contribution in [1.29, 1.82) is 0 Å². The highest BCUT2D eigenvalue weighted by Gasteiger charge is 2.02. The Morgan fingerprint density at radius 3 is 2.19 bits per heavy atom. The predicted molar refractivity (Wildman–Crippen MR) is 70.3 cm³/mol. The zero-order valence-corrected chi connectivity index (χ0v) is 10.3. The van der Waals surface area contributed by atoms with Gasteiger partial charge in [-0.05, 0) is 41.6 Å². The summed E-state index contributed by atoms with van der Waals surface area (Å²) in [7, 11) is 0. The van der Waals surface area contributed by atoms with Crippen molar-refractivity contribution >= 4 is 23.4 Å². The first-order valence-corrected chi connectivity index (χ1v) is 6.44. The molecule has 0 spiro atoms. The van der Waals surface area contributed by atoms with Crippen LogP contribution < -0.4 is 0 Å². The van der Waals surface area contributed by atoms with E-state index in [1.54, 1.807) is 23.9 Å². The van der Waals surface area contributed by atoms with E-state index in [1.807, 2.05) is 12.3 Å². The lowest BCUT2D eigenvalue weighted by molar-refractivity contribution is 0.475. The van der Waals surface area contributed by atoms with E-state index in [0.29, 0.717) is 5.02 Å². The Bertz CT molecular complexity index is 494. The van der Waals surface area contributed by atoms with E-state index in [-0.39, 0.29) is 5.75 Å². The lowest BCUT2D eigenvalue weighted by Crippen LogP contribution is -1.78. The number of aromatic hydroxyl groups is 1. The number of hydrogen-bond acceptors (Lipinski definition) is 2. The third-order valence-electron chi connectivity index (χ3n) is 2.37. The Hall–Kier alpha value is -1.12. The first-order chi connectivity index (χ1) is 7.70. The van der Waals surface area contributed by atoms with Crippen molar-refractivity contribution in [3.63, 3.8) is 0 Å². The lowest BCUT2D eigenvalue weighted by Gasteiger charge is -2.04. The SMILES string of the molecule is CSc1ccc(-c2ccc(O)c(Cl)c2)cc1. The molecule has 0 amide bonds. The van der Waals surface area contributed by atoms with Gasteiger partial charge in [0.1, 0.15) is 5.75 Å². The van der Waals surface area contributed by atoms with Gasteiger partial charge in [0.05, 0.1) is 5.02 Å². The Kier molecular flexibility index (Phi) is 3.42. The maximum Gasteiger partial charge on any atom is 0.134 e. The number of phenolic OH excluding ortho intramolecular Hbond substituents is 1. The van der Waals surface area contributed by atoms with Gasteiger partial charge >= 0.3 is 0 Å². The normalized spacial score (nSPS) is 10.4. The molecule has 0 aliphatic heterocycles. The number of phenols is 1. The number of hydrogen-bond donors (Lipinski definition) is 1. The van der Waals surface area contributed by atoms with Gasteiger partial charge in [-0.25, -0.2) is 0 Å². The van der Waals surface area contributed by atoms with Crippen LogP contribution in [0.15, 0.2) is 47.4 Å². The molecule has 2 aromatic carbocycles. The number of benzene rings is 2. The second kappa shape index (κ2) is 4.81. The lowest BCUT2D eigenvalue weighted by atomic mass is 10.1. The van der Waals surface area contributed by atoms with Crippen molar-refractivity contribution in [3.8, 4) is 16.9 Å². The summed E-state index contributed by atoms with van der Waals surface area (Å²) in [5.74, 6) is 0.117. The van der Waals surface area contributed by atoms with E-state index in [4.69, 9.17) is 11.6 Å². The van der Waals surface area contributed by atoms with Crippen LogP contribution in [-0.4, -0.2) is 11.4 Å². The van der Waals surface area contributed by atoms with Crippen LogP contribution in [0.5, 0.6) is 5.75 Å². The molecule has 2 aromatic rings. The van der Waals surface area contributed by atoms with E-state index >= 15 is 0 Å². The molecule has 0 aromatic heterocycles. The molecule has 0 radical (unpaired) electrons. The van der Waals surface area contributed by atoms with Gasteiger partial charge in [0, 0.05) is 4.90 Å². The molecule has 0 bridgehead atoms. The van der Waals surface area contributed by atoms with Gasteiger partial charge in [0.15, 0.2) is 0 Å². The van der Waals surface area contributed by atoms with Crippen molar-refractivity contribution in [3.05, 3.63) is 47.5 Å². The molecule has 0 aliphatic carbocycles. The predicted octanol–water partition coefficient (Wildman–Crippen LogP) is 4.43. The van der Waals surface area contributed by atoms with E-state index in [2.05, 4.69) is 24.3 Å². The van der Waals surface area contributed by atoms with Gasteiger partial charge in [-0.1, -0.05) is 29.8 Å². The summed E-state index contributed by atoms with van der Waals surface area (Å²) in [4.78, 5) is 1.23. The van der Waals surface area contributed by atoms with Crippen molar-refractivity contribution in [2.24, 2.45) is 0 Å². The fraction of sp³-hybridized carbons (Fsp3) is 0.0769. The molecule has 0 heterocycles. The molecule has 0 unspecified atom stereocenters. The molecule has 0 fully saturated rings. The first-order valence-electron chi connectivity index (χ1n) is 4.83. The van der Waals surface area contributed by atoms with E-state index < -0.39 is 0 Å². The Morgan fingerprint density at radius 2 is 1.62 bits per heavy atom. The van der Waals surface area contributed by atoms with Crippen LogP contribution in [0.4, 0.5) is 0 Å². The summed E-state index contributed by atoms with van der Waals surface area (Å²) in [6.45, 7) is 0. The average Bonchev–Trinajstić information content (AvgIpc) is 2.33. The minimum atomic E-state index is 0.117. The largest absolute Gasteiger partial charge is 0.506 e. The highest BCUT2D eigenvalue weighted by Crippen LogP contribution is 2.30. The van der Waals surface area contributed by atoms with Crippen molar-refractivity contribution < 1.29 is 5.11 Å². The second-order valence-corrected chi connectivity index (χ2v) is 4.68. The minimum Gasteiger partial charge on any atom is -0.506 e. The topological polar surface area (TPSA) is 20.2 Å². The van der Waals surface area contributed by atoms with Crippen molar-refractivity contribution in [2.75, 3.05) is 6.26 Å². The summed E-state index contributed by atoms with van der Waals surface area (Å²) in [5.41, 5.74) is 2.11. The molecule has 82 valence electrons. The maximum atomic E-state index is 9.34. The van der Waals surface area contributed by atoms with E-state index in [1.165, 1.54) is 4.90 Å². The zero-order valence-electron chi connectivity index (χ0n) is 8.77. The van der Waals surface area contributed by atoms with Gasteiger partial charge < -0.3 is 5.11 Å². The molecule has 0 atom stereocenters. The molecule has 0 saturated heterocycles. The molecule has 16 heavy (non-hydrogen) atoms. The monoisotopic (exact) mass is 250 g/mol. The fourth-order valence-electron chi connectivity index (χ4n) is 1.47. The minimum absolute atomic E-state index is 0.117. The second-order valence-electron chi connectivity index (χ2n) is 3.39. The van der Waals surface area contributed by atoms with Gasteiger partial charge in [-0.2, -0.15) is 0 Å². The van der Waals surface area contributed by atoms with Gasteiger partial charge in [0.2, 0.25) is 0 Å². The van der Waals surface area contributed by atoms with Crippen molar-refractivity contribution in [1.82, 2.24) is 0 Å². The number of rotatable bonds is 2. The molecule has 3 heteroatoms. The van der Waals surface area contributed by atoms with Crippen molar-refractivity contribution in [2.45, 2.75) is 4.90 Å². The standard InChI is InChI=1S/C13H11ClOS/c1-16-11-5-2-9(3-6-11)10-4-7-13(15)12(14)8-10/h2-8,15H,1H3. The molecular formula is C13H11ClOS.